The van der Waals surface area contributed by atoms with Crippen LogP contribution in [0.5, 0.6) is 5.75 Å². The van der Waals surface area contributed by atoms with Crippen molar-refractivity contribution >= 4 is 21.8 Å². The lowest BCUT2D eigenvalue weighted by Gasteiger charge is -2.31. The summed E-state index contributed by atoms with van der Waals surface area (Å²) in [4.78, 5) is 26.9. The van der Waals surface area contributed by atoms with E-state index in [0.717, 1.165) is 25.9 Å². The number of hydrogen-bond acceptors (Lipinski definition) is 5. The fourth-order valence-corrected chi connectivity index (χ4v) is 5.33. The number of nitrogens with zero attached hydrogens (tertiary/aromatic N) is 2. The highest BCUT2D eigenvalue weighted by atomic mass is 32.2. The Hall–Kier alpha value is -2.13. The van der Waals surface area contributed by atoms with Crippen molar-refractivity contribution in [3.05, 3.63) is 24.3 Å². The monoisotopic (exact) mass is 423 g/mol. The second-order valence-electron chi connectivity index (χ2n) is 7.62. The lowest BCUT2D eigenvalue weighted by molar-refractivity contribution is -0.136. The van der Waals surface area contributed by atoms with Crippen LogP contribution in [0.25, 0.3) is 0 Å². The zero-order valence-electron chi connectivity index (χ0n) is 17.0. The number of methoxy groups -OCH3 is 1. The first-order chi connectivity index (χ1) is 13.8. The molecule has 1 aromatic carbocycles. The zero-order valence-corrected chi connectivity index (χ0v) is 17.8. The molecule has 0 bridgehead atoms. The van der Waals surface area contributed by atoms with Crippen molar-refractivity contribution in [2.45, 2.75) is 43.5 Å². The maximum Gasteiger partial charge on any atom is 0.244 e. The summed E-state index contributed by atoms with van der Waals surface area (Å²) in [6, 6.07) is 5.73. The van der Waals surface area contributed by atoms with Crippen LogP contribution in [0.3, 0.4) is 0 Å². The van der Waals surface area contributed by atoms with Crippen molar-refractivity contribution < 1.29 is 22.7 Å². The fourth-order valence-electron chi connectivity index (χ4n) is 3.86. The van der Waals surface area contributed by atoms with Gasteiger partial charge in [0.1, 0.15) is 11.8 Å². The summed E-state index contributed by atoms with van der Waals surface area (Å²) < 4.78 is 32.1. The predicted molar refractivity (Wildman–Crippen MR) is 108 cm³/mol. The second-order valence-corrected chi connectivity index (χ2v) is 9.55. The van der Waals surface area contributed by atoms with Crippen LogP contribution in [0.1, 0.15) is 32.6 Å². The summed E-state index contributed by atoms with van der Waals surface area (Å²) in [5.41, 5.74) is 0. The Morgan fingerprint density at radius 1 is 1.07 bits per heavy atom. The first kappa shape index (κ1) is 21.6. The van der Waals surface area contributed by atoms with E-state index in [1.807, 2.05) is 0 Å². The minimum Gasteiger partial charge on any atom is -0.497 e. The number of carbonyl (C=O) groups is 2. The third-order valence-electron chi connectivity index (χ3n) is 5.67. The number of hydrogen-bond donors (Lipinski definition) is 1. The van der Waals surface area contributed by atoms with Gasteiger partial charge in [0.15, 0.2) is 0 Å². The molecule has 160 valence electrons. The summed E-state index contributed by atoms with van der Waals surface area (Å²) in [5.74, 6) is 0.0879. The molecule has 1 atom stereocenters. The Labute approximate surface area is 172 Å². The van der Waals surface area contributed by atoms with Gasteiger partial charge < -0.3 is 15.0 Å². The summed E-state index contributed by atoms with van der Waals surface area (Å²) in [5, 5.41) is 2.81. The number of piperidine rings is 1. The first-order valence-electron chi connectivity index (χ1n) is 10.1. The molecule has 2 aliphatic heterocycles. The number of ether oxygens (including phenoxy) is 1. The molecule has 2 heterocycles. The highest BCUT2D eigenvalue weighted by Gasteiger charge is 2.33. The van der Waals surface area contributed by atoms with Gasteiger partial charge in [-0.15, -0.1) is 0 Å². The Balaban J connectivity index is 1.53. The quantitative estimate of drug-likeness (QED) is 0.742. The third kappa shape index (κ3) is 4.90. The second kappa shape index (κ2) is 9.13. The van der Waals surface area contributed by atoms with Crippen molar-refractivity contribution in [2.75, 3.05) is 33.3 Å². The van der Waals surface area contributed by atoms with Crippen LogP contribution in [0.15, 0.2) is 29.2 Å². The number of sulfonamides is 1. The van der Waals surface area contributed by atoms with E-state index in [4.69, 9.17) is 4.74 Å². The van der Waals surface area contributed by atoms with Crippen LogP contribution in [0.4, 0.5) is 0 Å². The van der Waals surface area contributed by atoms with E-state index in [9.17, 15) is 18.0 Å². The molecule has 2 aliphatic rings. The topological polar surface area (TPSA) is 96.0 Å². The van der Waals surface area contributed by atoms with Gasteiger partial charge in [-0.1, -0.05) is 0 Å². The molecule has 9 heteroatoms. The normalized spacial score (nSPS) is 19.7. The third-order valence-corrected chi connectivity index (χ3v) is 7.58. The van der Waals surface area contributed by atoms with Crippen LogP contribution in [0.2, 0.25) is 0 Å². The van der Waals surface area contributed by atoms with Crippen LogP contribution >= 0.6 is 0 Å². The van der Waals surface area contributed by atoms with Crippen molar-refractivity contribution in [1.29, 1.82) is 0 Å². The molecule has 8 nitrogen and oxygen atoms in total. The lowest BCUT2D eigenvalue weighted by Crippen LogP contribution is -2.49. The Kier molecular flexibility index (Phi) is 6.79. The van der Waals surface area contributed by atoms with E-state index in [1.165, 1.54) is 23.5 Å². The van der Waals surface area contributed by atoms with Crippen LogP contribution < -0.4 is 10.1 Å². The first-order valence-corrected chi connectivity index (χ1v) is 11.5. The van der Waals surface area contributed by atoms with Gasteiger partial charge in [0.05, 0.1) is 12.0 Å². The SMILES string of the molecule is COc1ccc(S(=O)(=O)N2CCC(C(=O)N[C@H](C)C(=O)N3CCCC3)CC2)cc1. The summed E-state index contributed by atoms with van der Waals surface area (Å²) in [6.45, 7) is 3.77. The predicted octanol–water partition coefficient (Wildman–Crippen LogP) is 1.22. The lowest BCUT2D eigenvalue weighted by atomic mass is 9.97. The molecule has 0 radical (unpaired) electrons. The molecule has 0 spiro atoms. The molecular formula is C20H29N3O5S. The smallest absolute Gasteiger partial charge is 0.244 e. The molecular weight excluding hydrogens is 394 g/mol. The maximum atomic E-state index is 12.8. The van der Waals surface area contributed by atoms with Gasteiger partial charge in [-0.3, -0.25) is 9.59 Å². The average Bonchev–Trinajstić information content (AvgIpc) is 3.28. The molecule has 0 saturated carbocycles. The highest BCUT2D eigenvalue weighted by Crippen LogP contribution is 2.25. The molecule has 2 fully saturated rings. The number of nitrogens with one attached hydrogen (secondary N) is 1. The molecule has 3 rings (SSSR count). The van der Waals surface area contributed by atoms with Crippen LogP contribution in [-0.4, -0.2) is 68.8 Å². The van der Waals surface area contributed by atoms with E-state index < -0.39 is 16.1 Å². The largest absolute Gasteiger partial charge is 0.497 e. The van der Waals surface area contributed by atoms with Gasteiger partial charge in [-0.05, 0) is 56.9 Å². The Morgan fingerprint density at radius 2 is 1.66 bits per heavy atom. The van der Waals surface area contributed by atoms with Gasteiger partial charge in [-0.25, -0.2) is 8.42 Å². The Bertz CT molecular complexity index is 826. The zero-order chi connectivity index (χ0) is 21.0. The highest BCUT2D eigenvalue weighted by molar-refractivity contribution is 7.89. The van der Waals surface area contributed by atoms with Crippen molar-refractivity contribution in [1.82, 2.24) is 14.5 Å². The number of carbonyl (C=O) groups excluding carboxylic acids is 2. The van der Waals surface area contributed by atoms with Gasteiger partial charge in [0.25, 0.3) is 0 Å². The molecule has 0 aromatic heterocycles. The molecule has 2 amide bonds. The molecule has 1 N–H and O–H groups in total. The van der Waals surface area contributed by atoms with E-state index in [0.29, 0.717) is 18.6 Å². The number of benzene rings is 1. The molecule has 2 saturated heterocycles. The van der Waals surface area contributed by atoms with Crippen LogP contribution in [-0.2, 0) is 19.6 Å². The Morgan fingerprint density at radius 3 is 2.21 bits per heavy atom. The molecule has 29 heavy (non-hydrogen) atoms. The summed E-state index contributed by atoms with van der Waals surface area (Å²) in [7, 11) is -2.07. The number of likely N-dealkylation sites (tertiary alicyclic amines) is 1. The van der Waals surface area contributed by atoms with E-state index in [-0.39, 0.29) is 35.7 Å². The van der Waals surface area contributed by atoms with Crippen LogP contribution in [0, 0.1) is 5.92 Å². The maximum absolute atomic E-state index is 12.8. The molecule has 0 aliphatic carbocycles. The summed E-state index contributed by atoms with van der Waals surface area (Å²) >= 11 is 0. The van der Waals surface area contributed by atoms with Gasteiger partial charge in [-0.2, -0.15) is 4.31 Å². The fraction of sp³-hybridized carbons (Fsp3) is 0.600. The van der Waals surface area contributed by atoms with Crippen molar-refractivity contribution in [2.24, 2.45) is 5.92 Å². The standard InChI is InChI=1S/C20H29N3O5S/c1-15(20(25)22-11-3-4-12-22)21-19(24)16-9-13-23(14-10-16)29(26,27)18-7-5-17(28-2)6-8-18/h5-8,15-16H,3-4,9-14H2,1-2H3,(H,21,24)/t15-/m1/s1. The van der Waals surface area contributed by atoms with Crippen molar-refractivity contribution in [3.8, 4) is 5.75 Å². The van der Waals surface area contributed by atoms with Gasteiger partial charge in [0.2, 0.25) is 21.8 Å². The van der Waals surface area contributed by atoms with E-state index in [2.05, 4.69) is 5.32 Å². The molecule has 0 unspecified atom stereocenters. The van der Waals surface area contributed by atoms with E-state index >= 15 is 0 Å². The number of amides is 2. The minimum absolute atomic E-state index is 0.0460. The summed E-state index contributed by atoms with van der Waals surface area (Å²) in [6.07, 6.45) is 2.89. The van der Waals surface area contributed by atoms with Gasteiger partial charge in [0, 0.05) is 32.1 Å². The average molecular weight is 424 g/mol. The number of rotatable bonds is 6. The molecule has 1 aromatic rings. The van der Waals surface area contributed by atoms with Gasteiger partial charge >= 0.3 is 0 Å². The minimum atomic E-state index is -3.60. The van der Waals surface area contributed by atoms with E-state index in [1.54, 1.807) is 24.0 Å². The van der Waals surface area contributed by atoms with Crippen molar-refractivity contribution in [3.63, 3.8) is 0 Å².